The molecule has 2 aliphatic rings. The van der Waals surface area contributed by atoms with Gasteiger partial charge in [-0.05, 0) is 24.5 Å². The third-order valence-electron chi connectivity index (χ3n) is 5.07. The highest BCUT2D eigenvalue weighted by Gasteiger charge is 2.19. The Hall–Kier alpha value is -2.51. The molecular weight excluding hydrogens is 342 g/mol. The molecule has 27 heavy (non-hydrogen) atoms. The zero-order valence-electron chi connectivity index (χ0n) is 15.4. The Bertz CT molecular complexity index is 774. The van der Waals surface area contributed by atoms with E-state index in [1.165, 1.54) is 11.3 Å². The van der Waals surface area contributed by atoms with Crippen molar-refractivity contribution in [2.24, 2.45) is 0 Å². The zero-order valence-corrected chi connectivity index (χ0v) is 15.4. The monoisotopic (exact) mass is 367 g/mol. The van der Waals surface area contributed by atoms with E-state index >= 15 is 0 Å². The van der Waals surface area contributed by atoms with Crippen molar-refractivity contribution in [1.29, 1.82) is 0 Å². The summed E-state index contributed by atoms with van der Waals surface area (Å²) in [5, 5.41) is 2.92. The number of para-hydroxylation sites is 1. The third-order valence-corrected chi connectivity index (χ3v) is 5.07. The van der Waals surface area contributed by atoms with E-state index in [-0.39, 0.29) is 5.91 Å². The van der Waals surface area contributed by atoms with Gasteiger partial charge in [-0.1, -0.05) is 18.2 Å². The molecule has 0 bridgehead atoms. The van der Waals surface area contributed by atoms with E-state index in [9.17, 15) is 4.79 Å². The number of carbonyl (C=O) groups is 1. The fourth-order valence-electron chi connectivity index (χ4n) is 3.59. The molecule has 142 valence electrons. The smallest absolute Gasteiger partial charge is 0.271 e. The van der Waals surface area contributed by atoms with Crippen LogP contribution in [0.15, 0.2) is 36.7 Å². The summed E-state index contributed by atoms with van der Waals surface area (Å²) in [7, 11) is 0. The van der Waals surface area contributed by atoms with Gasteiger partial charge in [-0.25, -0.2) is 9.97 Å². The number of rotatable bonds is 5. The number of aryl methyl sites for hydroxylation is 1. The fraction of sp³-hybridized carbons (Fsp3) is 0.450. The molecule has 0 atom stereocenters. The number of hydrogen-bond donors (Lipinski definition) is 1. The molecule has 0 unspecified atom stereocenters. The molecule has 2 aromatic rings. The molecule has 7 heteroatoms. The van der Waals surface area contributed by atoms with Crippen LogP contribution < -0.4 is 10.2 Å². The predicted molar refractivity (Wildman–Crippen MR) is 103 cm³/mol. The molecule has 7 nitrogen and oxygen atoms in total. The summed E-state index contributed by atoms with van der Waals surface area (Å²) in [6.45, 7) is 5.70. The molecule has 1 aromatic heterocycles. The number of fused-ring (bicyclic) bond motifs is 1. The molecule has 0 aliphatic carbocycles. The van der Waals surface area contributed by atoms with Gasteiger partial charge in [-0.3, -0.25) is 9.69 Å². The van der Waals surface area contributed by atoms with Gasteiger partial charge in [0.15, 0.2) is 5.82 Å². The average Bonchev–Trinajstić information content (AvgIpc) is 2.74. The Labute approximate surface area is 159 Å². The lowest BCUT2D eigenvalue weighted by Gasteiger charge is -2.30. The first-order valence-electron chi connectivity index (χ1n) is 9.57. The van der Waals surface area contributed by atoms with Crippen molar-refractivity contribution in [3.63, 3.8) is 0 Å². The minimum absolute atomic E-state index is 0.179. The molecule has 1 fully saturated rings. The van der Waals surface area contributed by atoms with Crippen molar-refractivity contribution in [3.05, 3.63) is 47.9 Å². The maximum Gasteiger partial charge on any atom is 0.271 e. The van der Waals surface area contributed by atoms with Gasteiger partial charge in [0, 0.05) is 38.4 Å². The van der Waals surface area contributed by atoms with Crippen molar-refractivity contribution in [2.75, 3.05) is 50.8 Å². The van der Waals surface area contributed by atoms with Crippen LogP contribution in [0.3, 0.4) is 0 Å². The van der Waals surface area contributed by atoms with E-state index < -0.39 is 0 Å². The van der Waals surface area contributed by atoms with Gasteiger partial charge in [-0.2, -0.15) is 0 Å². The van der Waals surface area contributed by atoms with Crippen LogP contribution in [0.5, 0.6) is 0 Å². The first-order chi connectivity index (χ1) is 13.3. The summed E-state index contributed by atoms with van der Waals surface area (Å²) in [5.41, 5.74) is 2.86. The van der Waals surface area contributed by atoms with Crippen LogP contribution in [0, 0.1) is 0 Å². The molecule has 0 spiro atoms. The summed E-state index contributed by atoms with van der Waals surface area (Å²) in [4.78, 5) is 25.6. The standard InChI is InChI=1S/C20H25N5O2/c26-20(21-7-9-24-10-12-27-13-11-24)17-14-23-19(15-22-17)25-8-3-5-16-4-1-2-6-18(16)25/h1-2,4,6,14-15H,3,5,7-13H2,(H,21,26). The number of morpholine rings is 1. The average molecular weight is 367 g/mol. The van der Waals surface area contributed by atoms with Crippen LogP contribution in [0.1, 0.15) is 22.5 Å². The highest BCUT2D eigenvalue weighted by atomic mass is 16.5. The molecule has 1 saturated heterocycles. The second kappa shape index (κ2) is 8.45. The molecule has 1 amide bonds. The van der Waals surface area contributed by atoms with Gasteiger partial charge in [0.1, 0.15) is 5.69 Å². The minimum Gasteiger partial charge on any atom is -0.379 e. The molecule has 4 rings (SSSR count). The number of amides is 1. The molecule has 0 saturated carbocycles. The summed E-state index contributed by atoms with van der Waals surface area (Å²) in [5.74, 6) is 0.605. The number of benzene rings is 1. The van der Waals surface area contributed by atoms with E-state index in [0.717, 1.165) is 58.1 Å². The predicted octanol–water partition coefficient (Wildman–Crippen LogP) is 1.62. The van der Waals surface area contributed by atoms with Crippen LogP contribution in [0.4, 0.5) is 11.5 Å². The van der Waals surface area contributed by atoms with E-state index in [4.69, 9.17) is 4.74 Å². The lowest BCUT2D eigenvalue weighted by molar-refractivity contribution is 0.0383. The number of nitrogens with one attached hydrogen (secondary N) is 1. The maximum atomic E-state index is 12.3. The molecular formula is C20H25N5O2. The van der Waals surface area contributed by atoms with Crippen molar-refractivity contribution < 1.29 is 9.53 Å². The summed E-state index contributed by atoms with van der Waals surface area (Å²) < 4.78 is 5.33. The molecule has 3 heterocycles. The van der Waals surface area contributed by atoms with E-state index in [1.54, 1.807) is 12.4 Å². The Balaban J connectivity index is 1.35. The van der Waals surface area contributed by atoms with Crippen molar-refractivity contribution in [1.82, 2.24) is 20.2 Å². The molecule has 1 aromatic carbocycles. The Morgan fingerprint density at radius 1 is 1.11 bits per heavy atom. The molecule has 0 radical (unpaired) electrons. The van der Waals surface area contributed by atoms with Crippen LogP contribution in [-0.2, 0) is 11.2 Å². The number of hydrogen-bond acceptors (Lipinski definition) is 6. The number of carbonyl (C=O) groups excluding carboxylic acids is 1. The minimum atomic E-state index is -0.179. The number of anilines is 2. The SMILES string of the molecule is O=C(NCCN1CCOCC1)c1cnc(N2CCCc3ccccc32)cn1. The summed E-state index contributed by atoms with van der Waals surface area (Å²) in [6, 6.07) is 8.38. The van der Waals surface area contributed by atoms with E-state index in [2.05, 4.69) is 43.3 Å². The Morgan fingerprint density at radius 2 is 1.96 bits per heavy atom. The first kappa shape index (κ1) is 17.9. The fourth-order valence-corrected chi connectivity index (χ4v) is 3.59. The highest BCUT2D eigenvalue weighted by Crippen LogP contribution is 2.31. The second-order valence-electron chi connectivity index (χ2n) is 6.85. The van der Waals surface area contributed by atoms with Gasteiger partial charge in [-0.15, -0.1) is 0 Å². The van der Waals surface area contributed by atoms with Crippen molar-refractivity contribution in [2.45, 2.75) is 12.8 Å². The quantitative estimate of drug-likeness (QED) is 0.866. The number of ether oxygens (including phenoxy) is 1. The van der Waals surface area contributed by atoms with Crippen molar-refractivity contribution in [3.8, 4) is 0 Å². The topological polar surface area (TPSA) is 70.6 Å². The van der Waals surface area contributed by atoms with Gasteiger partial charge < -0.3 is 15.0 Å². The van der Waals surface area contributed by atoms with E-state index in [1.807, 2.05) is 6.07 Å². The number of aromatic nitrogens is 2. The van der Waals surface area contributed by atoms with Crippen molar-refractivity contribution >= 4 is 17.4 Å². The third kappa shape index (κ3) is 4.26. The van der Waals surface area contributed by atoms with Crippen LogP contribution >= 0.6 is 0 Å². The van der Waals surface area contributed by atoms with E-state index in [0.29, 0.717) is 12.2 Å². The first-order valence-corrected chi connectivity index (χ1v) is 9.57. The Kier molecular flexibility index (Phi) is 5.60. The zero-order chi connectivity index (χ0) is 18.5. The normalized spacial score (nSPS) is 17.4. The van der Waals surface area contributed by atoms with Crippen LogP contribution in [0.2, 0.25) is 0 Å². The second-order valence-corrected chi connectivity index (χ2v) is 6.85. The summed E-state index contributed by atoms with van der Waals surface area (Å²) >= 11 is 0. The van der Waals surface area contributed by atoms with Gasteiger partial charge >= 0.3 is 0 Å². The molecule has 1 N–H and O–H groups in total. The lowest BCUT2D eigenvalue weighted by atomic mass is 10.0. The van der Waals surface area contributed by atoms with Gasteiger partial charge in [0.25, 0.3) is 5.91 Å². The largest absolute Gasteiger partial charge is 0.379 e. The lowest BCUT2D eigenvalue weighted by Crippen LogP contribution is -2.41. The summed E-state index contributed by atoms with van der Waals surface area (Å²) in [6.07, 6.45) is 5.43. The molecule has 2 aliphatic heterocycles. The van der Waals surface area contributed by atoms with Crippen LogP contribution in [-0.4, -0.2) is 66.7 Å². The van der Waals surface area contributed by atoms with Gasteiger partial charge in [0.05, 0.1) is 25.6 Å². The number of nitrogens with zero attached hydrogens (tertiary/aromatic N) is 4. The maximum absolute atomic E-state index is 12.3. The Morgan fingerprint density at radius 3 is 2.78 bits per heavy atom. The van der Waals surface area contributed by atoms with Crippen LogP contribution in [0.25, 0.3) is 0 Å². The van der Waals surface area contributed by atoms with Gasteiger partial charge in [0.2, 0.25) is 0 Å². The highest BCUT2D eigenvalue weighted by molar-refractivity contribution is 5.92.